The third kappa shape index (κ3) is 3.77. The van der Waals surface area contributed by atoms with Crippen molar-refractivity contribution in [3.05, 3.63) is 71.4 Å². The lowest BCUT2D eigenvalue weighted by atomic mass is 10.1. The number of imidazole rings is 1. The Bertz CT molecular complexity index is 1100. The number of amides is 1. The fourth-order valence-electron chi connectivity index (χ4n) is 2.91. The number of thiazole rings is 1. The molecule has 0 fully saturated rings. The van der Waals surface area contributed by atoms with Gasteiger partial charge in [-0.25, -0.2) is 4.98 Å². The molecule has 0 spiro atoms. The molecule has 0 saturated heterocycles. The lowest BCUT2D eigenvalue weighted by Crippen LogP contribution is -2.30. The Labute approximate surface area is 167 Å². The molecular formula is C22H21N3O2S. The van der Waals surface area contributed by atoms with E-state index in [9.17, 15) is 4.79 Å². The van der Waals surface area contributed by atoms with E-state index in [0.29, 0.717) is 0 Å². The average Bonchev–Trinajstić information content (AvgIpc) is 3.27. The zero-order valence-electron chi connectivity index (χ0n) is 16.0. The number of anilines is 1. The van der Waals surface area contributed by atoms with E-state index in [4.69, 9.17) is 4.74 Å². The van der Waals surface area contributed by atoms with E-state index in [1.807, 2.05) is 78.5 Å². The highest BCUT2D eigenvalue weighted by atomic mass is 32.1. The van der Waals surface area contributed by atoms with Gasteiger partial charge < -0.3 is 10.1 Å². The maximum atomic E-state index is 12.5. The molecule has 0 bridgehead atoms. The maximum absolute atomic E-state index is 12.5. The van der Waals surface area contributed by atoms with Crippen LogP contribution in [0.4, 0.5) is 5.69 Å². The summed E-state index contributed by atoms with van der Waals surface area (Å²) < 4.78 is 7.86. The molecule has 0 radical (unpaired) electrons. The van der Waals surface area contributed by atoms with Gasteiger partial charge in [0.05, 0.1) is 5.69 Å². The van der Waals surface area contributed by atoms with Crippen molar-refractivity contribution in [2.75, 3.05) is 5.32 Å². The third-order valence-electron chi connectivity index (χ3n) is 4.56. The Hall–Kier alpha value is -3.12. The molecule has 1 atom stereocenters. The number of carbonyl (C=O) groups is 1. The minimum atomic E-state index is -0.597. The summed E-state index contributed by atoms with van der Waals surface area (Å²) in [4.78, 5) is 18.1. The lowest BCUT2D eigenvalue weighted by molar-refractivity contribution is -0.122. The standard InChI is InChI=1S/C22H21N3O2S/c1-14-4-5-15(2)20(12-14)27-16(3)21(26)23-18-8-6-17(7-9-18)19-13-25-10-11-28-22(25)24-19/h4-13,16H,1-3H3,(H,23,26). The van der Waals surface area contributed by atoms with Crippen molar-refractivity contribution >= 4 is 27.9 Å². The summed E-state index contributed by atoms with van der Waals surface area (Å²) in [6.07, 6.45) is 3.39. The number of ether oxygens (including phenoxy) is 1. The van der Waals surface area contributed by atoms with Crippen LogP contribution in [-0.4, -0.2) is 21.4 Å². The number of aryl methyl sites for hydroxylation is 2. The van der Waals surface area contributed by atoms with E-state index in [1.165, 1.54) is 0 Å². The van der Waals surface area contributed by atoms with E-state index < -0.39 is 6.10 Å². The summed E-state index contributed by atoms with van der Waals surface area (Å²) in [7, 11) is 0. The number of carbonyl (C=O) groups excluding carboxylic acids is 1. The van der Waals surface area contributed by atoms with Gasteiger partial charge in [-0.1, -0.05) is 24.3 Å². The van der Waals surface area contributed by atoms with Crippen molar-refractivity contribution in [1.82, 2.24) is 9.38 Å². The number of nitrogens with zero attached hydrogens (tertiary/aromatic N) is 2. The highest BCUT2D eigenvalue weighted by Gasteiger charge is 2.16. The molecule has 6 heteroatoms. The monoisotopic (exact) mass is 391 g/mol. The molecule has 4 aromatic rings. The van der Waals surface area contributed by atoms with Crippen LogP contribution in [-0.2, 0) is 4.79 Å². The summed E-state index contributed by atoms with van der Waals surface area (Å²) in [5.74, 6) is 0.550. The second-order valence-corrected chi connectivity index (χ2v) is 7.69. The summed E-state index contributed by atoms with van der Waals surface area (Å²) in [6.45, 7) is 5.73. The van der Waals surface area contributed by atoms with Gasteiger partial charge in [0.25, 0.3) is 5.91 Å². The summed E-state index contributed by atoms with van der Waals surface area (Å²) in [5, 5.41) is 4.91. The van der Waals surface area contributed by atoms with Gasteiger partial charge in [0.2, 0.25) is 0 Å². The zero-order chi connectivity index (χ0) is 19.7. The summed E-state index contributed by atoms with van der Waals surface area (Å²) in [5.41, 5.74) is 4.76. The van der Waals surface area contributed by atoms with Crippen LogP contribution in [0.3, 0.4) is 0 Å². The smallest absolute Gasteiger partial charge is 0.265 e. The van der Waals surface area contributed by atoms with Gasteiger partial charge in [-0.2, -0.15) is 0 Å². The molecule has 142 valence electrons. The van der Waals surface area contributed by atoms with Crippen LogP contribution in [0.1, 0.15) is 18.1 Å². The predicted molar refractivity (Wildman–Crippen MR) is 113 cm³/mol. The first-order valence-electron chi connectivity index (χ1n) is 9.07. The molecule has 28 heavy (non-hydrogen) atoms. The molecule has 2 aromatic carbocycles. The molecule has 0 saturated carbocycles. The number of nitrogens with one attached hydrogen (secondary N) is 1. The fourth-order valence-corrected chi connectivity index (χ4v) is 3.61. The Morgan fingerprint density at radius 2 is 1.96 bits per heavy atom. The minimum Gasteiger partial charge on any atom is -0.481 e. The molecule has 1 unspecified atom stereocenters. The van der Waals surface area contributed by atoms with Gasteiger partial charge >= 0.3 is 0 Å². The number of hydrogen-bond donors (Lipinski definition) is 1. The first-order valence-corrected chi connectivity index (χ1v) is 9.95. The van der Waals surface area contributed by atoms with Crippen molar-refractivity contribution in [2.45, 2.75) is 26.9 Å². The second-order valence-electron chi connectivity index (χ2n) is 6.81. The van der Waals surface area contributed by atoms with Crippen LogP contribution in [0.2, 0.25) is 0 Å². The van der Waals surface area contributed by atoms with E-state index in [2.05, 4.69) is 10.3 Å². The van der Waals surface area contributed by atoms with E-state index in [1.54, 1.807) is 18.3 Å². The van der Waals surface area contributed by atoms with Crippen molar-refractivity contribution in [2.24, 2.45) is 0 Å². The van der Waals surface area contributed by atoms with Crippen LogP contribution in [0, 0.1) is 13.8 Å². The summed E-state index contributed by atoms with van der Waals surface area (Å²) in [6, 6.07) is 13.6. The number of hydrogen-bond acceptors (Lipinski definition) is 4. The molecule has 0 aliphatic rings. The first kappa shape index (κ1) is 18.3. The van der Waals surface area contributed by atoms with Gasteiger partial charge in [0.1, 0.15) is 5.75 Å². The minimum absolute atomic E-state index is 0.184. The van der Waals surface area contributed by atoms with Crippen molar-refractivity contribution in [1.29, 1.82) is 0 Å². The van der Waals surface area contributed by atoms with Gasteiger partial charge in [0, 0.05) is 29.0 Å². The average molecular weight is 391 g/mol. The molecule has 4 rings (SSSR count). The molecular weight excluding hydrogens is 370 g/mol. The Morgan fingerprint density at radius 1 is 1.18 bits per heavy atom. The quantitative estimate of drug-likeness (QED) is 0.516. The van der Waals surface area contributed by atoms with Crippen molar-refractivity contribution in [3.63, 3.8) is 0 Å². The van der Waals surface area contributed by atoms with Crippen LogP contribution >= 0.6 is 11.3 Å². The SMILES string of the molecule is Cc1ccc(C)c(OC(C)C(=O)Nc2ccc(-c3cn4ccsc4n3)cc2)c1. The van der Waals surface area contributed by atoms with Crippen LogP contribution < -0.4 is 10.1 Å². The van der Waals surface area contributed by atoms with E-state index in [-0.39, 0.29) is 5.91 Å². The van der Waals surface area contributed by atoms with Crippen LogP contribution in [0.15, 0.2) is 60.2 Å². The van der Waals surface area contributed by atoms with E-state index in [0.717, 1.165) is 38.8 Å². The highest BCUT2D eigenvalue weighted by molar-refractivity contribution is 7.15. The number of aromatic nitrogens is 2. The largest absolute Gasteiger partial charge is 0.481 e. The number of benzene rings is 2. The molecule has 5 nitrogen and oxygen atoms in total. The van der Waals surface area contributed by atoms with Gasteiger partial charge in [-0.15, -0.1) is 11.3 Å². The topological polar surface area (TPSA) is 55.6 Å². The number of fused-ring (bicyclic) bond motifs is 1. The summed E-state index contributed by atoms with van der Waals surface area (Å²) >= 11 is 1.60. The molecule has 0 aliphatic carbocycles. The van der Waals surface area contributed by atoms with Crippen molar-refractivity contribution in [3.8, 4) is 17.0 Å². The highest BCUT2D eigenvalue weighted by Crippen LogP contribution is 2.24. The van der Waals surface area contributed by atoms with E-state index >= 15 is 0 Å². The number of rotatable bonds is 5. The van der Waals surface area contributed by atoms with Gasteiger partial charge in [-0.3, -0.25) is 9.20 Å². The zero-order valence-corrected chi connectivity index (χ0v) is 16.8. The Balaban J connectivity index is 1.42. The molecule has 1 N–H and O–H groups in total. The molecule has 2 heterocycles. The predicted octanol–water partition coefficient (Wildman–Crippen LogP) is 5.09. The normalized spacial score (nSPS) is 12.1. The van der Waals surface area contributed by atoms with Crippen LogP contribution in [0.25, 0.3) is 16.2 Å². The van der Waals surface area contributed by atoms with Crippen LogP contribution in [0.5, 0.6) is 5.75 Å². The Kier molecular flexibility index (Phi) is 4.88. The Morgan fingerprint density at radius 3 is 2.71 bits per heavy atom. The van der Waals surface area contributed by atoms with Gasteiger partial charge in [-0.05, 0) is 50.1 Å². The van der Waals surface area contributed by atoms with Gasteiger partial charge in [0.15, 0.2) is 11.1 Å². The molecule has 2 aromatic heterocycles. The molecule has 1 amide bonds. The van der Waals surface area contributed by atoms with Crippen molar-refractivity contribution < 1.29 is 9.53 Å². The fraction of sp³-hybridized carbons (Fsp3) is 0.182. The molecule has 0 aliphatic heterocycles. The third-order valence-corrected chi connectivity index (χ3v) is 5.33. The first-order chi connectivity index (χ1) is 13.5. The lowest BCUT2D eigenvalue weighted by Gasteiger charge is -2.17. The maximum Gasteiger partial charge on any atom is 0.265 e. The second kappa shape index (κ2) is 7.48.